The highest BCUT2D eigenvalue weighted by atomic mass is 32.2. The van der Waals surface area contributed by atoms with E-state index in [1.807, 2.05) is 18.2 Å². The standard InChI is InChI=1S/C19H19F2N3O2S/c20-19(21)27-17-15(9-4-10-22-17)18(26)24-11-5-6-13(12-24)16(25)23-14-7-2-1-3-8-14/h1-4,7-10,13,19H,5-6,11-12H2,(H,23,25). The molecule has 1 saturated heterocycles. The van der Waals surface area contributed by atoms with Crippen LogP contribution in [0.5, 0.6) is 0 Å². The Morgan fingerprint density at radius 3 is 2.70 bits per heavy atom. The zero-order chi connectivity index (χ0) is 19.2. The van der Waals surface area contributed by atoms with Crippen LogP contribution in [0.25, 0.3) is 0 Å². The molecule has 27 heavy (non-hydrogen) atoms. The minimum absolute atomic E-state index is 0.00774. The summed E-state index contributed by atoms with van der Waals surface area (Å²) in [4.78, 5) is 30.8. The van der Waals surface area contributed by atoms with E-state index in [2.05, 4.69) is 10.3 Å². The van der Waals surface area contributed by atoms with E-state index in [0.717, 1.165) is 0 Å². The smallest absolute Gasteiger partial charge is 0.290 e. The molecule has 1 aromatic carbocycles. The molecule has 1 aliphatic rings. The van der Waals surface area contributed by atoms with Gasteiger partial charge in [-0.25, -0.2) is 4.98 Å². The number of hydrogen-bond acceptors (Lipinski definition) is 4. The molecule has 2 aromatic rings. The van der Waals surface area contributed by atoms with Crippen molar-refractivity contribution in [2.24, 2.45) is 5.92 Å². The topological polar surface area (TPSA) is 62.3 Å². The van der Waals surface area contributed by atoms with Crippen LogP contribution >= 0.6 is 11.8 Å². The fourth-order valence-electron chi connectivity index (χ4n) is 3.04. The lowest BCUT2D eigenvalue weighted by atomic mass is 9.96. The van der Waals surface area contributed by atoms with Crippen molar-refractivity contribution in [1.82, 2.24) is 9.88 Å². The van der Waals surface area contributed by atoms with Gasteiger partial charge in [0, 0.05) is 25.0 Å². The Balaban J connectivity index is 1.69. The summed E-state index contributed by atoms with van der Waals surface area (Å²) in [5.41, 5.74) is 0.848. The first-order valence-electron chi connectivity index (χ1n) is 8.59. The lowest BCUT2D eigenvalue weighted by Gasteiger charge is -2.32. The van der Waals surface area contributed by atoms with E-state index >= 15 is 0 Å². The van der Waals surface area contributed by atoms with Crippen LogP contribution in [-0.4, -0.2) is 40.5 Å². The zero-order valence-electron chi connectivity index (χ0n) is 14.5. The van der Waals surface area contributed by atoms with E-state index < -0.39 is 5.76 Å². The molecule has 0 aliphatic carbocycles. The molecule has 2 amide bonds. The van der Waals surface area contributed by atoms with Gasteiger partial charge in [0.15, 0.2) is 0 Å². The average molecular weight is 391 g/mol. The summed E-state index contributed by atoms with van der Waals surface area (Å²) in [6, 6.07) is 12.2. The highest BCUT2D eigenvalue weighted by molar-refractivity contribution is 7.99. The summed E-state index contributed by atoms with van der Waals surface area (Å²) in [7, 11) is 0. The number of pyridine rings is 1. The van der Waals surface area contributed by atoms with Crippen molar-refractivity contribution in [3.63, 3.8) is 0 Å². The lowest BCUT2D eigenvalue weighted by Crippen LogP contribution is -2.44. The number of piperidine rings is 1. The van der Waals surface area contributed by atoms with Gasteiger partial charge in [-0.15, -0.1) is 0 Å². The predicted octanol–water partition coefficient (Wildman–Crippen LogP) is 3.89. The van der Waals surface area contributed by atoms with Crippen LogP contribution in [0.4, 0.5) is 14.5 Å². The maximum atomic E-state index is 12.8. The van der Waals surface area contributed by atoms with E-state index in [1.165, 1.54) is 12.3 Å². The molecule has 3 rings (SSSR count). The number of rotatable bonds is 5. The number of amides is 2. The molecule has 5 nitrogen and oxygen atoms in total. The third kappa shape index (κ3) is 5.03. The Kier molecular flexibility index (Phi) is 6.39. The number of para-hydroxylation sites is 1. The van der Waals surface area contributed by atoms with Crippen LogP contribution in [-0.2, 0) is 4.79 Å². The Morgan fingerprint density at radius 2 is 1.96 bits per heavy atom. The molecule has 0 bridgehead atoms. The van der Waals surface area contributed by atoms with E-state index in [4.69, 9.17) is 0 Å². The number of alkyl halides is 2. The first-order valence-corrected chi connectivity index (χ1v) is 9.47. The Bertz CT molecular complexity index is 805. The molecule has 0 radical (unpaired) electrons. The molecule has 1 fully saturated rings. The van der Waals surface area contributed by atoms with Crippen molar-refractivity contribution in [2.45, 2.75) is 23.6 Å². The van der Waals surface area contributed by atoms with Gasteiger partial charge in [0.25, 0.3) is 11.7 Å². The summed E-state index contributed by atoms with van der Waals surface area (Å²) in [6.07, 6.45) is 2.73. The lowest BCUT2D eigenvalue weighted by molar-refractivity contribution is -0.121. The quantitative estimate of drug-likeness (QED) is 0.786. The number of nitrogens with one attached hydrogen (secondary N) is 1. The number of hydrogen-bond donors (Lipinski definition) is 1. The van der Waals surface area contributed by atoms with E-state index in [1.54, 1.807) is 23.1 Å². The van der Waals surface area contributed by atoms with Crippen molar-refractivity contribution < 1.29 is 18.4 Å². The maximum absolute atomic E-state index is 12.8. The van der Waals surface area contributed by atoms with Gasteiger partial charge in [0.05, 0.1) is 11.5 Å². The first kappa shape index (κ1) is 19.3. The molecule has 1 unspecified atom stereocenters. The molecule has 1 aromatic heterocycles. The fourth-order valence-corrected chi connectivity index (χ4v) is 3.62. The van der Waals surface area contributed by atoms with Crippen LogP contribution in [0.2, 0.25) is 0 Å². The van der Waals surface area contributed by atoms with Gasteiger partial charge in [-0.05, 0) is 48.9 Å². The van der Waals surface area contributed by atoms with Crippen LogP contribution in [0.15, 0.2) is 53.7 Å². The van der Waals surface area contributed by atoms with Crippen LogP contribution < -0.4 is 5.32 Å². The highest BCUT2D eigenvalue weighted by Crippen LogP contribution is 2.28. The van der Waals surface area contributed by atoms with Gasteiger partial charge >= 0.3 is 0 Å². The maximum Gasteiger partial charge on any atom is 0.290 e. The van der Waals surface area contributed by atoms with Crippen LogP contribution in [0.3, 0.4) is 0 Å². The van der Waals surface area contributed by atoms with Gasteiger partial charge < -0.3 is 10.2 Å². The second-order valence-electron chi connectivity index (χ2n) is 6.18. The number of halogens is 2. The van der Waals surface area contributed by atoms with Crippen molar-refractivity contribution in [2.75, 3.05) is 18.4 Å². The molecule has 1 aliphatic heterocycles. The second-order valence-corrected chi connectivity index (χ2v) is 7.16. The Hall–Kier alpha value is -2.48. The zero-order valence-corrected chi connectivity index (χ0v) is 15.3. The highest BCUT2D eigenvalue weighted by Gasteiger charge is 2.30. The molecule has 1 atom stereocenters. The summed E-state index contributed by atoms with van der Waals surface area (Å²) in [6.45, 7) is 0.743. The van der Waals surface area contributed by atoms with Crippen molar-refractivity contribution in [3.8, 4) is 0 Å². The Labute approximate surface area is 160 Å². The number of aromatic nitrogens is 1. The first-order chi connectivity index (χ1) is 13.0. The molecular weight excluding hydrogens is 372 g/mol. The van der Waals surface area contributed by atoms with Crippen molar-refractivity contribution in [3.05, 3.63) is 54.2 Å². The van der Waals surface area contributed by atoms with Crippen LogP contribution in [0, 0.1) is 5.92 Å². The van der Waals surface area contributed by atoms with Gasteiger partial charge in [-0.1, -0.05) is 18.2 Å². The molecule has 142 valence electrons. The molecule has 1 N–H and O–H groups in total. The number of carbonyl (C=O) groups is 2. The second kappa shape index (κ2) is 8.94. The normalized spacial score (nSPS) is 17.0. The summed E-state index contributed by atoms with van der Waals surface area (Å²) in [5, 5.41) is 2.86. The third-order valence-electron chi connectivity index (χ3n) is 4.32. The fraction of sp³-hybridized carbons (Fsp3) is 0.316. The SMILES string of the molecule is O=C(Nc1ccccc1)C1CCCN(C(=O)c2cccnc2SC(F)F)C1. The van der Waals surface area contributed by atoms with Crippen molar-refractivity contribution >= 4 is 29.3 Å². The number of nitrogens with zero attached hydrogens (tertiary/aromatic N) is 2. The van der Waals surface area contributed by atoms with E-state index in [0.29, 0.717) is 25.1 Å². The van der Waals surface area contributed by atoms with Gasteiger partial charge in [0.2, 0.25) is 5.91 Å². The minimum Gasteiger partial charge on any atom is -0.338 e. The van der Waals surface area contributed by atoms with Crippen molar-refractivity contribution in [1.29, 1.82) is 0 Å². The number of benzene rings is 1. The van der Waals surface area contributed by atoms with Gasteiger partial charge in [-0.3, -0.25) is 9.59 Å². The third-order valence-corrected chi connectivity index (χ3v) is 5.05. The molecule has 0 spiro atoms. The van der Waals surface area contributed by atoms with E-state index in [9.17, 15) is 18.4 Å². The monoisotopic (exact) mass is 391 g/mol. The summed E-state index contributed by atoms with van der Waals surface area (Å²) < 4.78 is 25.5. The Morgan fingerprint density at radius 1 is 1.19 bits per heavy atom. The largest absolute Gasteiger partial charge is 0.338 e. The number of anilines is 1. The molecule has 0 saturated carbocycles. The summed E-state index contributed by atoms with van der Waals surface area (Å²) in [5.74, 6) is -3.52. The molecule has 2 heterocycles. The predicted molar refractivity (Wildman–Crippen MR) is 99.8 cm³/mol. The molecular formula is C19H19F2N3O2S. The van der Waals surface area contributed by atoms with Gasteiger partial charge in [-0.2, -0.15) is 8.78 Å². The number of likely N-dealkylation sites (tertiary alicyclic amines) is 1. The number of carbonyl (C=O) groups excluding carboxylic acids is 2. The number of thioether (sulfide) groups is 1. The summed E-state index contributed by atoms with van der Waals surface area (Å²) >= 11 is 0.255. The van der Waals surface area contributed by atoms with Gasteiger partial charge in [0.1, 0.15) is 5.03 Å². The van der Waals surface area contributed by atoms with E-state index in [-0.39, 0.29) is 46.6 Å². The minimum atomic E-state index is -2.66. The molecule has 8 heteroatoms. The average Bonchev–Trinajstić information content (AvgIpc) is 2.68. The van der Waals surface area contributed by atoms with Crippen LogP contribution in [0.1, 0.15) is 23.2 Å².